The van der Waals surface area contributed by atoms with Gasteiger partial charge < -0.3 is 10.1 Å². The number of nitrogens with one attached hydrogen (secondary N) is 1. The molecule has 0 unspecified atom stereocenters. The summed E-state index contributed by atoms with van der Waals surface area (Å²) < 4.78 is 4.88. The van der Waals surface area contributed by atoms with Crippen LogP contribution in [0.1, 0.15) is 34.6 Å². The first-order chi connectivity index (χ1) is 6.34. The van der Waals surface area contributed by atoms with Crippen molar-refractivity contribution in [2.45, 2.75) is 46.8 Å². The second-order valence-corrected chi connectivity index (χ2v) is 3.93. The van der Waals surface area contributed by atoms with Crippen molar-refractivity contribution in [1.29, 1.82) is 0 Å². The molecule has 0 bridgehead atoms. The van der Waals surface area contributed by atoms with Gasteiger partial charge in [-0.2, -0.15) is 0 Å². The van der Waals surface area contributed by atoms with Crippen molar-refractivity contribution in [3.63, 3.8) is 0 Å². The van der Waals surface area contributed by atoms with E-state index in [0.29, 0.717) is 0 Å². The largest absolute Gasteiger partial charge is 0.447 e. The van der Waals surface area contributed by atoms with Crippen molar-refractivity contribution in [3.05, 3.63) is 0 Å². The van der Waals surface area contributed by atoms with Crippen LogP contribution in [0.5, 0.6) is 0 Å². The highest BCUT2D eigenvalue weighted by Gasteiger charge is 2.21. The standard InChI is InChI=1S/C10H19NO3/c1-6(2)9(8(5)12)11-10(13)14-7(3)4/h6-7,9H,1-5H3,(H,11,13)/t9-/m0/s1. The zero-order chi connectivity index (χ0) is 11.3. The summed E-state index contributed by atoms with van der Waals surface area (Å²) in [5, 5.41) is 2.54. The molecule has 1 atom stereocenters. The molecule has 0 radical (unpaired) electrons. The van der Waals surface area contributed by atoms with Crippen LogP contribution in [0, 0.1) is 5.92 Å². The van der Waals surface area contributed by atoms with Gasteiger partial charge in [-0.25, -0.2) is 4.79 Å². The molecule has 0 aromatic rings. The van der Waals surface area contributed by atoms with Gasteiger partial charge in [0, 0.05) is 0 Å². The molecule has 0 saturated heterocycles. The van der Waals surface area contributed by atoms with Crippen molar-refractivity contribution in [3.8, 4) is 0 Å². The lowest BCUT2D eigenvalue weighted by Gasteiger charge is -2.19. The number of rotatable bonds is 4. The van der Waals surface area contributed by atoms with Crippen LogP contribution < -0.4 is 5.32 Å². The van der Waals surface area contributed by atoms with Crippen LogP contribution in [-0.2, 0) is 9.53 Å². The molecule has 4 nitrogen and oxygen atoms in total. The maximum atomic E-state index is 11.2. The maximum Gasteiger partial charge on any atom is 0.407 e. The normalized spacial score (nSPS) is 12.8. The van der Waals surface area contributed by atoms with E-state index < -0.39 is 12.1 Å². The molecular weight excluding hydrogens is 182 g/mol. The average Bonchev–Trinajstić information content (AvgIpc) is 1.97. The molecule has 82 valence electrons. The summed E-state index contributed by atoms with van der Waals surface area (Å²) in [7, 11) is 0. The zero-order valence-electron chi connectivity index (χ0n) is 9.46. The highest BCUT2D eigenvalue weighted by molar-refractivity contribution is 5.85. The lowest BCUT2D eigenvalue weighted by molar-refractivity contribution is -0.119. The van der Waals surface area contributed by atoms with Gasteiger partial charge in [-0.15, -0.1) is 0 Å². The van der Waals surface area contributed by atoms with E-state index in [2.05, 4.69) is 5.32 Å². The predicted octanol–water partition coefficient (Wildman–Crippen LogP) is 1.73. The summed E-state index contributed by atoms with van der Waals surface area (Å²) in [6, 6.07) is -0.457. The fourth-order valence-electron chi connectivity index (χ4n) is 1.11. The quantitative estimate of drug-likeness (QED) is 0.753. The number of carbonyl (C=O) groups excluding carboxylic acids is 2. The van der Waals surface area contributed by atoms with E-state index in [1.54, 1.807) is 13.8 Å². The lowest BCUT2D eigenvalue weighted by atomic mass is 10.0. The molecule has 0 rings (SSSR count). The second-order valence-electron chi connectivity index (χ2n) is 3.93. The molecule has 0 aliphatic heterocycles. The number of amides is 1. The number of ether oxygens (including phenoxy) is 1. The summed E-state index contributed by atoms with van der Waals surface area (Å²) in [5.41, 5.74) is 0. The first-order valence-corrected chi connectivity index (χ1v) is 4.82. The third-order valence-electron chi connectivity index (χ3n) is 1.72. The number of hydrogen-bond acceptors (Lipinski definition) is 3. The van der Waals surface area contributed by atoms with Crippen LogP contribution in [0.25, 0.3) is 0 Å². The van der Waals surface area contributed by atoms with Gasteiger partial charge in [-0.05, 0) is 26.7 Å². The maximum absolute atomic E-state index is 11.2. The van der Waals surface area contributed by atoms with Crippen LogP contribution in [0.3, 0.4) is 0 Å². The molecule has 1 amide bonds. The summed E-state index contributed by atoms with van der Waals surface area (Å²) in [6.45, 7) is 8.74. The minimum absolute atomic E-state index is 0.0549. The van der Waals surface area contributed by atoms with Crippen molar-refractivity contribution in [2.75, 3.05) is 0 Å². The van der Waals surface area contributed by atoms with Crippen LogP contribution >= 0.6 is 0 Å². The van der Waals surface area contributed by atoms with E-state index in [9.17, 15) is 9.59 Å². The average molecular weight is 201 g/mol. The topological polar surface area (TPSA) is 55.4 Å². The van der Waals surface area contributed by atoms with Crippen molar-refractivity contribution in [2.24, 2.45) is 5.92 Å². The molecule has 0 aliphatic carbocycles. The van der Waals surface area contributed by atoms with E-state index in [-0.39, 0.29) is 17.8 Å². The number of alkyl carbamates (subject to hydrolysis) is 1. The molecular formula is C10H19NO3. The Labute approximate surface area is 85.0 Å². The Balaban J connectivity index is 4.17. The molecule has 14 heavy (non-hydrogen) atoms. The Bertz CT molecular complexity index is 211. The smallest absolute Gasteiger partial charge is 0.407 e. The minimum atomic E-state index is -0.533. The number of carbonyl (C=O) groups is 2. The third kappa shape index (κ3) is 4.84. The SMILES string of the molecule is CC(=O)[C@@H](NC(=O)OC(C)C)C(C)C. The van der Waals surface area contributed by atoms with Crippen LogP contribution in [0.2, 0.25) is 0 Å². The third-order valence-corrected chi connectivity index (χ3v) is 1.72. The highest BCUT2D eigenvalue weighted by Crippen LogP contribution is 2.03. The molecule has 0 spiro atoms. The van der Waals surface area contributed by atoms with Crippen molar-refractivity contribution < 1.29 is 14.3 Å². The van der Waals surface area contributed by atoms with Crippen LogP contribution in [-0.4, -0.2) is 24.0 Å². The summed E-state index contributed by atoms with van der Waals surface area (Å²) in [5.74, 6) is 0.0212. The summed E-state index contributed by atoms with van der Waals surface area (Å²) >= 11 is 0. The summed E-state index contributed by atoms with van der Waals surface area (Å²) in [4.78, 5) is 22.3. The van der Waals surface area contributed by atoms with Gasteiger partial charge in [0.15, 0.2) is 5.78 Å². The summed E-state index contributed by atoms with van der Waals surface area (Å²) in [6.07, 6.45) is -0.705. The van der Waals surface area contributed by atoms with E-state index in [4.69, 9.17) is 4.74 Å². The fourth-order valence-corrected chi connectivity index (χ4v) is 1.11. The molecule has 0 aromatic heterocycles. The minimum Gasteiger partial charge on any atom is -0.447 e. The van der Waals surface area contributed by atoms with Crippen LogP contribution in [0.4, 0.5) is 4.79 Å². The van der Waals surface area contributed by atoms with E-state index in [1.165, 1.54) is 6.92 Å². The van der Waals surface area contributed by atoms with Gasteiger partial charge in [0.05, 0.1) is 12.1 Å². The zero-order valence-corrected chi connectivity index (χ0v) is 9.46. The molecule has 1 N–H and O–H groups in total. The fraction of sp³-hybridized carbons (Fsp3) is 0.800. The Morgan fingerprint density at radius 2 is 1.64 bits per heavy atom. The molecule has 0 aromatic carbocycles. The first-order valence-electron chi connectivity index (χ1n) is 4.82. The van der Waals surface area contributed by atoms with Gasteiger partial charge in [0.25, 0.3) is 0 Å². The monoisotopic (exact) mass is 201 g/mol. The molecule has 4 heteroatoms. The number of hydrogen-bond donors (Lipinski definition) is 1. The lowest BCUT2D eigenvalue weighted by Crippen LogP contribution is -2.44. The van der Waals surface area contributed by atoms with E-state index in [1.807, 2.05) is 13.8 Å². The Morgan fingerprint density at radius 3 is 1.93 bits per heavy atom. The van der Waals surface area contributed by atoms with Crippen molar-refractivity contribution in [1.82, 2.24) is 5.32 Å². The van der Waals surface area contributed by atoms with E-state index in [0.717, 1.165) is 0 Å². The predicted molar refractivity (Wildman–Crippen MR) is 54.1 cm³/mol. The highest BCUT2D eigenvalue weighted by atomic mass is 16.6. The molecule has 0 fully saturated rings. The Morgan fingerprint density at radius 1 is 1.14 bits per heavy atom. The van der Waals surface area contributed by atoms with E-state index >= 15 is 0 Å². The Hall–Kier alpha value is -1.06. The molecule has 0 saturated carbocycles. The van der Waals surface area contributed by atoms with Gasteiger partial charge in [-0.3, -0.25) is 4.79 Å². The van der Waals surface area contributed by atoms with Gasteiger partial charge in [0.1, 0.15) is 0 Å². The molecule has 0 heterocycles. The number of ketones is 1. The van der Waals surface area contributed by atoms with Gasteiger partial charge in [-0.1, -0.05) is 13.8 Å². The van der Waals surface area contributed by atoms with Gasteiger partial charge in [0.2, 0.25) is 0 Å². The van der Waals surface area contributed by atoms with Gasteiger partial charge >= 0.3 is 6.09 Å². The molecule has 0 aliphatic rings. The van der Waals surface area contributed by atoms with Crippen LogP contribution in [0.15, 0.2) is 0 Å². The van der Waals surface area contributed by atoms with Crippen molar-refractivity contribution >= 4 is 11.9 Å². The Kier molecular flexibility index (Phi) is 5.20. The number of Topliss-reactive ketones (excluding diaryl/α,β-unsaturated/α-hetero) is 1. The first kappa shape index (κ1) is 12.9. The second kappa shape index (κ2) is 5.62.